The molecule has 0 aromatic carbocycles. The van der Waals surface area contributed by atoms with Crippen molar-refractivity contribution in [3.05, 3.63) is 12.3 Å². The van der Waals surface area contributed by atoms with Gasteiger partial charge in [0.25, 0.3) is 0 Å². The fraction of sp³-hybridized carbons (Fsp3) is 0.538. The van der Waals surface area contributed by atoms with E-state index >= 15 is 0 Å². The first-order valence-corrected chi connectivity index (χ1v) is 6.51. The van der Waals surface area contributed by atoms with E-state index in [-0.39, 0.29) is 0 Å². The minimum Gasteiger partial charge on any atom is -0.368 e. The van der Waals surface area contributed by atoms with Gasteiger partial charge in [0, 0.05) is 18.8 Å². The maximum Gasteiger partial charge on any atom is 0.222 e. The maximum absolute atomic E-state index is 5.74. The van der Waals surface area contributed by atoms with Gasteiger partial charge in [-0.1, -0.05) is 13.3 Å². The minimum atomic E-state index is 0.322. The minimum absolute atomic E-state index is 0.322. The van der Waals surface area contributed by atoms with E-state index in [1.807, 2.05) is 12.3 Å². The van der Waals surface area contributed by atoms with E-state index < -0.39 is 0 Å². The Balaban J connectivity index is 2.44. The highest BCUT2D eigenvalue weighted by Crippen LogP contribution is 2.25. The smallest absolute Gasteiger partial charge is 0.222 e. The number of rotatable bonds is 5. The summed E-state index contributed by atoms with van der Waals surface area (Å²) in [6.45, 7) is 7.37. The summed E-state index contributed by atoms with van der Waals surface area (Å²) in [5.74, 6) is 1.16. The Labute approximate surface area is 107 Å². The molecule has 0 saturated heterocycles. The molecule has 5 nitrogen and oxygen atoms in total. The van der Waals surface area contributed by atoms with Crippen molar-refractivity contribution in [2.45, 2.75) is 39.7 Å². The van der Waals surface area contributed by atoms with Gasteiger partial charge < -0.3 is 15.6 Å². The van der Waals surface area contributed by atoms with Gasteiger partial charge in [-0.3, -0.25) is 0 Å². The third-order valence-corrected chi connectivity index (χ3v) is 2.96. The van der Waals surface area contributed by atoms with Crippen molar-refractivity contribution < 1.29 is 0 Å². The predicted molar refractivity (Wildman–Crippen MR) is 75.7 cm³/mol. The zero-order chi connectivity index (χ0) is 13.1. The third kappa shape index (κ3) is 2.39. The molecule has 0 aliphatic heterocycles. The highest BCUT2D eigenvalue weighted by atomic mass is 15.1. The van der Waals surface area contributed by atoms with Gasteiger partial charge in [0.05, 0.1) is 5.52 Å². The zero-order valence-electron chi connectivity index (χ0n) is 11.3. The summed E-state index contributed by atoms with van der Waals surface area (Å²) in [6.07, 6.45) is 4.31. The highest BCUT2D eigenvalue weighted by Gasteiger charge is 2.12. The van der Waals surface area contributed by atoms with E-state index in [2.05, 4.69) is 40.6 Å². The van der Waals surface area contributed by atoms with Crippen molar-refractivity contribution >= 4 is 22.8 Å². The van der Waals surface area contributed by atoms with E-state index in [4.69, 9.17) is 5.73 Å². The third-order valence-electron chi connectivity index (χ3n) is 2.96. The van der Waals surface area contributed by atoms with Crippen molar-refractivity contribution in [3.8, 4) is 0 Å². The molecule has 0 spiro atoms. The monoisotopic (exact) mass is 247 g/mol. The van der Waals surface area contributed by atoms with Crippen LogP contribution in [0.15, 0.2) is 12.3 Å². The Kier molecular flexibility index (Phi) is 3.69. The molecule has 3 N–H and O–H groups in total. The van der Waals surface area contributed by atoms with Crippen molar-refractivity contribution in [1.29, 1.82) is 0 Å². The highest BCUT2D eigenvalue weighted by molar-refractivity contribution is 5.87. The van der Waals surface area contributed by atoms with Crippen LogP contribution in [0.1, 0.15) is 39.7 Å². The number of hydrogen-bond donors (Lipinski definition) is 2. The van der Waals surface area contributed by atoms with E-state index in [0.717, 1.165) is 36.2 Å². The average Bonchev–Trinajstić information content (AvgIpc) is 2.72. The largest absolute Gasteiger partial charge is 0.368 e. The molecule has 18 heavy (non-hydrogen) atoms. The van der Waals surface area contributed by atoms with Crippen LogP contribution in [0.4, 0.5) is 11.8 Å². The first-order chi connectivity index (χ1) is 8.63. The lowest BCUT2D eigenvalue weighted by atomic mass is 10.3. The van der Waals surface area contributed by atoms with Crippen LogP contribution in [0.3, 0.4) is 0 Å². The normalized spacial score (nSPS) is 11.3. The molecule has 2 heterocycles. The van der Waals surface area contributed by atoms with Crippen LogP contribution in [-0.4, -0.2) is 21.1 Å². The number of anilines is 2. The Morgan fingerprint density at radius 2 is 2.17 bits per heavy atom. The molecule has 98 valence electrons. The van der Waals surface area contributed by atoms with Crippen LogP contribution in [0.25, 0.3) is 11.0 Å². The van der Waals surface area contributed by atoms with E-state index in [0.29, 0.717) is 12.0 Å². The van der Waals surface area contributed by atoms with Crippen molar-refractivity contribution in [2.75, 3.05) is 17.6 Å². The van der Waals surface area contributed by atoms with Crippen LogP contribution < -0.4 is 11.1 Å². The molecule has 0 fully saturated rings. The van der Waals surface area contributed by atoms with Gasteiger partial charge in [-0.2, -0.15) is 4.98 Å². The molecule has 0 bridgehead atoms. The molecule has 5 heteroatoms. The number of aromatic nitrogens is 3. The van der Waals surface area contributed by atoms with E-state index in [9.17, 15) is 0 Å². The standard InChI is InChI=1S/C13H21N5/c1-4-5-7-15-12-11-10(16-13(14)17-12)6-8-18(11)9(2)3/h6,8-9H,4-5,7H2,1-3H3,(H3,14,15,16,17). The predicted octanol–water partition coefficient (Wildman–Crippen LogP) is 2.81. The lowest BCUT2D eigenvalue weighted by Gasteiger charge is -2.13. The Bertz CT molecular complexity index is 529. The molecular formula is C13H21N5. The molecule has 0 saturated carbocycles. The molecule has 2 rings (SSSR count). The Morgan fingerprint density at radius 3 is 2.83 bits per heavy atom. The molecule has 0 amide bonds. The second kappa shape index (κ2) is 5.25. The number of nitrogens with one attached hydrogen (secondary N) is 1. The van der Waals surface area contributed by atoms with Gasteiger partial charge in [0.1, 0.15) is 5.52 Å². The molecule has 0 aliphatic rings. The molecule has 0 radical (unpaired) electrons. The van der Waals surface area contributed by atoms with Crippen molar-refractivity contribution in [2.24, 2.45) is 0 Å². The average molecular weight is 247 g/mol. The number of nitrogens with zero attached hydrogens (tertiary/aromatic N) is 3. The fourth-order valence-corrected chi connectivity index (χ4v) is 2.02. The van der Waals surface area contributed by atoms with Crippen LogP contribution in [0, 0.1) is 0 Å². The second-order valence-electron chi connectivity index (χ2n) is 4.76. The molecule has 0 atom stereocenters. The fourth-order valence-electron chi connectivity index (χ4n) is 2.02. The van der Waals surface area contributed by atoms with Gasteiger partial charge in [-0.05, 0) is 26.3 Å². The van der Waals surface area contributed by atoms with Crippen LogP contribution >= 0.6 is 0 Å². The summed E-state index contributed by atoms with van der Waals surface area (Å²) in [5.41, 5.74) is 7.68. The topological polar surface area (TPSA) is 68.8 Å². The van der Waals surface area contributed by atoms with E-state index in [1.165, 1.54) is 0 Å². The zero-order valence-corrected chi connectivity index (χ0v) is 11.3. The van der Waals surface area contributed by atoms with Gasteiger partial charge in [-0.25, -0.2) is 4.98 Å². The van der Waals surface area contributed by atoms with Crippen LogP contribution in [0.2, 0.25) is 0 Å². The van der Waals surface area contributed by atoms with Gasteiger partial charge in [0.15, 0.2) is 5.82 Å². The maximum atomic E-state index is 5.74. The van der Waals surface area contributed by atoms with Crippen LogP contribution in [0.5, 0.6) is 0 Å². The molecule has 2 aromatic heterocycles. The Morgan fingerprint density at radius 1 is 1.39 bits per heavy atom. The first kappa shape index (κ1) is 12.7. The van der Waals surface area contributed by atoms with Gasteiger partial charge in [0.2, 0.25) is 5.95 Å². The molecule has 2 aromatic rings. The van der Waals surface area contributed by atoms with Gasteiger partial charge in [-0.15, -0.1) is 0 Å². The number of fused-ring (bicyclic) bond motifs is 1. The second-order valence-corrected chi connectivity index (χ2v) is 4.76. The van der Waals surface area contributed by atoms with E-state index in [1.54, 1.807) is 0 Å². The van der Waals surface area contributed by atoms with Crippen molar-refractivity contribution in [1.82, 2.24) is 14.5 Å². The summed E-state index contributed by atoms with van der Waals surface area (Å²) >= 11 is 0. The lowest BCUT2D eigenvalue weighted by molar-refractivity contribution is 0.622. The SMILES string of the molecule is CCCCNc1nc(N)nc2ccn(C(C)C)c12. The van der Waals surface area contributed by atoms with Crippen molar-refractivity contribution in [3.63, 3.8) is 0 Å². The summed E-state index contributed by atoms with van der Waals surface area (Å²) in [6, 6.07) is 2.36. The molecule has 0 unspecified atom stereocenters. The molecular weight excluding hydrogens is 226 g/mol. The number of nitrogen functional groups attached to an aromatic ring is 1. The molecule has 0 aliphatic carbocycles. The Hall–Kier alpha value is -1.78. The lowest BCUT2D eigenvalue weighted by Crippen LogP contribution is -2.09. The number of unbranched alkanes of at least 4 members (excludes halogenated alkanes) is 1. The summed E-state index contributed by atoms with van der Waals surface area (Å²) < 4.78 is 2.17. The number of nitrogens with two attached hydrogens (primary N) is 1. The van der Waals surface area contributed by atoms with Crippen LogP contribution in [-0.2, 0) is 0 Å². The first-order valence-electron chi connectivity index (χ1n) is 6.51. The quantitative estimate of drug-likeness (QED) is 0.797. The van der Waals surface area contributed by atoms with Gasteiger partial charge >= 0.3 is 0 Å². The summed E-state index contributed by atoms with van der Waals surface area (Å²) in [7, 11) is 0. The number of hydrogen-bond acceptors (Lipinski definition) is 4. The summed E-state index contributed by atoms with van der Waals surface area (Å²) in [4.78, 5) is 8.60. The summed E-state index contributed by atoms with van der Waals surface area (Å²) in [5, 5.41) is 3.36.